The van der Waals surface area contributed by atoms with Crippen LogP contribution in [0.1, 0.15) is 23.2 Å². The normalized spacial score (nSPS) is 9.58. The van der Waals surface area contributed by atoms with Crippen LogP contribution in [0.4, 0.5) is 0 Å². The highest BCUT2D eigenvalue weighted by Crippen LogP contribution is 2.21. The van der Waals surface area contributed by atoms with Gasteiger partial charge in [0, 0.05) is 18.7 Å². The van der Waals surface area contributed by atoms with Crippen LogP contribution in [0.25, 0.3) is 0 Å². The molecule has 2 aromatic carbocycles. The van der Waals surface area contributed by atoms with Gasteiger partial charge >= 0.3 is 0 Å². The van der Waals surface area contributed by atoms with Crippen molar-refractivity contribution in [2.45, 2.75) is 12.8 Å². The van der Waals surface area contributed by atoms with E-state index in [0.717, 1.165) is 5.75 Å². The molecule has 120 valence electrons. The molecule has 0 bridgehead atoms. The number of hydrogen-bond donors (Lipinski definition) is 0. The summed E-state index contributed by atoms with van der Waals surface area (Å²) in [6, 6.07) is 20.3. The molecule has 0 radical (unpaired) electrons. The number of benzene rings is 2. The minimum Gasteiger partial charge on any atom is -0.457 e. The van der Waals surface area contributed by atoms with E-state index in [0.29, 0.717) is 24.4 Å². The van der Waals surface area contributed by atoms with E-state index in [4.69, 9.17) is 15.3 Å². The minimum atomic E-state index is -0.188. The Morgan fingerprint density at radius 1 is 0.875 bits per heavy atom. The maximum absolute atomic E-state index is 12.5. The van der Waals surface area contributed by atoms with E-state index < -0.39 is 0 Å². The molecule has 2 aromatic rings. The quantitative estimate of drug-likeness (QED) is 0.778. The Morgan fingerprint density at radius 2 is 1.42 bits per heavy atom. The summed E-state index contributed by atoms with van der Waals surface area (Å²) < 4.78 is 5.69. The highest BCUT2D eigenvalue weighted by Gasteiger charge is 2.15. The van der Waals surface area contributed by atoms with Crippen LogP contribution in [0.2, 0.25) is 0 Å². The monoisotopic (exact) mass is 319 g/mol. The van der Waals surface area contributed by atoms with Crippen molar-refractivity contribution >= 4 is 5.91 Å². The molecule has 0 heterocycles. The molecule has 0 aliphatic carbocycles. The highest BCUT2D eigenvalue weighted by molar-refractivity contribution is 5.94. The van der Waals surface area contributed by atoms with Gasteiger partial charge in [0.15, 0.2) is 0 Å². The number of carbonyl (C=O) groups is 1. The molecule has 0 unspecified atom stereocenters. The third-order valence-corrected chi connectivity index (χ3v) is 3.35. The fourth-order valence-electron chi connectivity index (χ4n) is 2.16. The zero-order valence-electron chi connectivity index (χ0n) is 13.2. The molecule has 0 aromatic heterocycles. The molecule has 0 saturated carbocycles. The van der Waals surface area contributed by atoms with Crippen LogP contribution in [0.5, 0.6) is 11.5 Å². The lowest BCUT2D eigenvalue weighted by Gasteiger charge is -2.20. The largest absolute Gasteiger partial charge is 0.457 e. The topological polar surface area (TPSA) is 77.1 Å². The molecule has 0 N–H and O–H groups in total. The summed E-state index contributed by atoms with van der Waals surface area (Å²) in [6.45, 7) is 0.637. The van der Waals surface area contributed by atoms with E-state index in [1.807, 2.05) is 42.5 Å². The van der Waals surface area contributed by atoms with Crippen molar-refractivity contribution < 1.29 is 9.53 Å². The lowest BCUT2D eigenvalue weighted by molar-refractivity contribution is 0.0762. The molecule has 5 heteroatoms. The smallest absolute Gasteiger partial charge is 0.253 e. The molecule has 0 aliphatic heterocycles. The van der Waals surface area contributed by atoms with Crippen LogP contribution < -0.4 is 4.74 Å². The van der Waals surface area contributed by atoms with Gasteiger partial charge in [0.1, 0.15) is 11.5 Å². The van der Waals surface area contributed by atoms with Crippen LogP contribution in [0.3, 0.4) is 0 Å². The maximum atomic E-state index is 12.5. The molecule has 5 nitrogen and oxygen atoms in total. The number of rotatable bonds is 7. The second kappa shape index (κ2) is 8.97. The second-order valence-corrected chi connectivity index (χ2v) is 5.05. The lowest BCUT2D eigenvalue weighted by Crippen LogP contribution is -2.32. The molecule has 0 fully saturated rings. The van der Waals surface area contributed by atoms with E-state index in [-0.39, 0.29) is 18.7 Å². The van der Waals surface area contributed by atoms with Crippen molar-refractivity contribution in [2.24, 2.45) is 0 Å². The van der Waals surface area contributed by atoms with Gasteiger partial charge in [-0.1, -0.05) is 18.2 Å². The Hall–Kier alpha value is -3.31. The average molecular weight is 319 g/mol. The van der Waals surface area contributed by atoms with Gasteiger partial charge in [-0.05, 0) is 36.4 Å². The van der Waals surface area contributed by atoms with E-state index in [1.54, 1.807) is 24.3 Å². The van der Waals surface area contributed by atoms with Crippen molar-refractivity contribution in [1.82, 2.24) is 4.90 Å². The first-order chi connectivity index (χ1) is 11.7. The zero-order chi connectivity index (χ0) is 17.2. The standard InChI is InChI=1S/C19H17N3O2/c20-12-4-14-22(15-5-13-21)19(23)16-8-10-18(11-9-16)24-17-6-2-1-3-7-17/h1-3,6-11H,4-5,14-15H2. The molecule has 0 saturated heterocycles. The third kappa shape index (κ3) is 4.86. The third-order valence-electron chi connectivity index (χ3n) is 3.35. The molecule has 0 aliphatic rings. The fraction of sp³-hybridized carbons (Fsp3) is 0.211. The van der Waals surface area contributed by atoms with Crippen LogP contribution in [0.15, 0.2) is 54.6 Å². The Balaban J connectivity index is 2.06. The van der Waals surface area contributed by atoms with Gasteiger partial charge in [-0.25, -0.2) is 0 Å². The summed E-state index contributed by atoms with van der Waals surface area (Å²) >= 11 is 0. The molecular weight excluding hydrogens is 302 g/mol. The summed E-state index contributed by atoms with van der Waals surface area (Å²) in [5, 5.41) is 17.4. The van der Waals surface area contributed by atoms with Gasteiger partial charge in [-0.15, -0.1) is 0 Å². The highest BCUT2D eigenvalue weighted by atomic mass is 16.5. The number of para-hydroxylation sites is 1. The Kier molecular flexibility index (Phi) is 6.37. The van der Waals surface area contributed by atoms with Crippen LogP contribution in [0, 0.1) is 22.7 Å². The van der Waals surface area contributed by atoms with Crippen molar-refractivity contribution in [1.29, 1.82) is 10.5 Å². The van der Waals surface area contributed by atoms with Crippen LogP contribution in [-0.2, 0) is 0 Å². The van der Waals surface area contributed by atoms with E-state index >= 15 is 0 Å². The zero-order valence-corrected chi connectivity index (χ0v) is 13.2. The van der Waals surface area contributed by atoms with E-state index in [9.17, 15) is 4.79 Å². The Labute approximate surface area is 141 Å². The predicted octanol–water partition coefficient (Wildman–Crippen LogP) is 3.75. The molecular formula is C19H17N3O2. The first-order valence-corrected chi connectivity index (χ1v) is 7.60. The number of ether oxygens (including phenoxy) is 1. The van der Waals surface area contributed by atoms with Crippen LogP contribution in [-0.4, -0.2) is 23.9 Å². The van der Waals surface area contributed by atoms with Gasteiger partial charge in [-0.2, -0.15) is 10.5 Å². The summed E-state index contributed by atoms with van der Waals surface area (Å²) in [4.78, 5) is 14.0. The minimum absolute atomic E-state index is 0.188. The summed E-state index contributed by atoms with van der Waals surface area (Å²) in [7, 11) is 0. The summed E-state index contributed by atoms with van der Waals surface area (Å²) in [5.41, 5.74) is 0.506. The number of carbonyl (C=O) groups excluding carboxylic acids is 1. The number of nitriles is 2. The van der Waals surface area contributed by atoms with Crippen molar-refractivity contribution in [3.63, 3.8) is 0 Å². The van der Waals surface area contributed by atoms with Crippen molar-refractivity contribution in [2.75, 3.05) is 13.1 Å². The van der Waals surface area contributed by atoms with Gasteiger partial charge in [0.05, 0.1) is 25.0 Å². The fourth-order valence-corrected chi connectivity index (χ4v) is 2.16. The van der Waals surface area contributed by atoms with Crippen LogP contribution >= 0.6 is 0 Å². The van der Waals surface area contributed by atoms with Gasteiger partial charge in [0.25, 0.3) is 5.91 Å². The summed E-state index contributed by atoms with van der Waals surface area (Å²) in [6.07, 6.45) is 0.485. The lowest BCUT2D eigenvalue weighted by atomic mass is 10.1. The molecule has 24 heavy (non-hydrogen) atoms. The first kappa shape index (κ1) is 17.1. The number of amides is 1. The number of hydrogen-bond acceptors (Lipinski definition) is 4. The molecule has 2 rings (SSSR count). The van der Waals surface area contributed by atoms with Crippen molar-refractivity contribution in [3.8, 4) is 23.6 Å². The van der Waals surface area contributed by atoms with Crippen molar-refractivity contribution in [3.05, 3.63) is 60.2 Å². The SMILES string of the molecule is N#CCCN(CCC#N)C(=O)c1ccc(Oc2ccccc2)cc1. The predicted molar refractivity (Wildman–Crippen MR) is 89.3 cm³/mol. The first-order valence-electron chi connectivity index (χ1n) is 7.60. The number of nitrogens with zero attached hydrogens (tertiary/aromatic N) is 3. The van der Waals surface area contributed by atoms with Gasteiger partial charge < -0.3 is 9.64 Å². The maximum Gasteiger partial charge on any atom is 0.253 e. The Morgan fingerprint density at radius 3 is 1.96 bits per heavy atom. The van der Waals surface area contributed by atoms with Gasteiger partial charge in [-0.3, -0.25) is 4.79 Å². The van der Waals surface area contributed by atoms with E-state index in [1.165, 1.54) is 4.90 Å². The summed E-state index contributed by atoms with van der Waals surface area (Å²) in [5.74, 6) is 1.17. The second-order valence-electron chi connectivity index (χ2n) is 5.05. The average Bonchev–Trinajstić information content (AvgIpc) is 2.63. The molecule has 1 amide bonds. The van der Waals surface area contributed by atoms with Gasteiger partial charge in [0.2, 0.25) is 0 Å². The Bertz CT molecular complexity index is 725. The molecule has 0 atom stereocenters. The molecule has 0 spiro atoms. The van der Waals surface area contributed by atoms with E-state index in [2.05, 4.69) is 0 Å².